The number of ether oxygens (including phenoxy) is 2. The number of rotatable bonds is 8. The number of nitrogens with zero attached hydrogens (tertiary/aromatic N) is 2. The molecule has 0 unspecified atom stereocenters. The maximum absolute atomic E-state index is 13.5. The lowest BCUT2D eigenvalue weighted by atomic mass is 10.1. The van der Waals surface area contributed by atoms with E-state index in [4.69, 9.17) is 13.9 Å². The van der Waals surface area contributed by atoms with Crippen LogP contribution in [0.1, 0.15) is 36.5 Å². The molecule has 1 N–H and O–H groups in total. The van der Waals surface area contributed by atoms with Crippen molar-refractivity contribution in [2.45, 2.75) is 46.8 Å². The molecule has 2 heterocycles. The van der Waals surface area contributed by atoms with Gasteiger partial charge in [-0.3, -0.25) is 4.79 Å². The van der Waals surface area contributed by atoms with E-state index in [0.717, 1.165) is 16.9 Å². The number of amides is 3. The number of nitrogens with one attached hydrogen (secondary N) is 1. The monoisotopic (exact) mass is 477 g/mol. The number of hydrogen-bond donors (Lipinski definition) is 1. The Labute approximate surface area is 205 Å². The van der Waals surface area contributed by atoms with Gasteiger partial charge >= 0.3 is 6.03 Å². The third-order valence-corrected chi connectivity index (χ3v) is 5.80. The zero-order valence-corrected chi connectivity index (χ0v) is 20.5. The average molecular weight is 478 g/mol. The summed E-state index contributed by atoms with van der Waals surface area (Å²) in [5.41, 5.74) is 2.68. The van der Waals surface area contributed by atoms with Gasteiger partial charge in [0.2, 0.25) is 12.7 Å². The maximum Gasteiger partial charge on any atom is 0.322 e. The van der Waals surface area contributed by atoms with Crippen molar-refractivity contribution in [3.63, 3.8) is 0 Å². The molecule has 1 aliphatic heterocycles. The zero-order chi connectivity index (χ0) is 24.9. The fraction of sp³-hybridized carbons (Fsp3) is 0.333. The van der Waals surface area contributed by atoms with Gasteiger partial charge in [0.05, 0.1) is 6.54 Å². The number of fused-ring (bicyclic) bond motifs is 1. The molecule has 0 saturated carbocycles. The molecule has 0 saturated heterocycles. The lowest BCUT2D eigenvalue weighted by molar-refractivity contribution is -0.133. The summed E-state index contributed by atoms with van der Waals surface area (Å²) in [6, 6.07) is 16.4. The summed E-state index contributed by atoms with van der Waals surface area (Å²) in [6.45, 7) is 8.36. The van der Waals surface area contributed by atoms with Crippen molar-refractivity contribution in [1.82, 2.24) is 9.80 Å². The highest BCUT2D eigenvalue weighted by Crippen LogP contribution is 2.33. The predicted octanol–water partition coefficient (Wildman–Crippen LogP) is 5.10. The van der Waals surface area contributed by atoms with Gasteiger partial charge in [-0.1, -0.05) is 23.8 Å². The van der Waals surface area contributed by atoms with Gasteiger partial charge in [0, 0.05) is 18.3 Å². The Kier molecular flexibility index (Phi) is 7.29. The molecule has 35 heavy (non-hydrogen) atoms. The first-order chi connectivity index (χ1) is 16.8. The van der Waals surface area contributed by atoms with Gasteiger partial charge in [-0.15, -0.1) is 0 Å². The second kappa shape index (κ2) is 10.5. The lowest BCUT2D eigenvalue weighted by Gasteiger charge is -2.30. The number of urea groups is 1. The van der Waals surface area contributed by atoms with Crippen LogP contribution < -0.4 is 14.8 Å². The summed E-state index contributed by atoms with van der Waals surface area (Å²) in [5.74, 6) is 2.61. The molecule has 8 nitrogen and oxygen atoms in total. The zero-order valence-electron chi connectivity index (χ0n) is 20.5. The molecule has 1 aromatic heterocycles. The van der Waals surface area contributed by atoms with Crippen molar-refractivity contribution in [2.75, 3.05) is 18.7 Å². The Balaban J connectivity index is 1.50. The summed E-state index contributed by atoms with van der Waals surface area (Å²) in [6.07, 6.45) is 0. The second-order valence-electron chi connectivity index (χ2n) is 8.97. The molecule has 1 aliphatic rings. The van der Waals surface area contributed by atoms with E-state index in [-0.39, 0.29) is 37.9 Å². The van der Waals surface area contributed by atoms with Gasteiger partial charge in [0.15, 0.2) is 11.5 Å². The summed E-state index contributed by atoms with van der Waals surface area (Å²) in [7, 11) is 0. The highest BCUT2D eigenvalue weighted by atomic mass is 16.7. The number of hydrogen-bond acceptors (Lipinski definition) is 5. The van der Waals surface area contributed by atoms with Crippen molar-refractivity contribution in [3.05, 3.63) is 77.2 Å². The topological polar surface area (TPSA) is 84.3 Å². The van der Waals surface area contributed by atoms with Gasteiger partial charge in [-0.25, -0.2) is 4.79 Å². The van der Waals surface area contributed by atoms with E-state index < -0.39 is 0 Å². The normalized spacial score (nSPS) is 12.0. The molecular weight excluding hydrogens is 446 g/mol. The number of anilines is 1. The second-order valence-corrected chi connectivity index (χ2v) is 8.97. The number of benzene rings is 2. The molecule has 3 aromatic rings. The van der Waals surface area contributed by atoms with Crippen LogP contribution in [-0.4, -0.2) is 41.1 Å². The molecule has 3 amide bonds. The first-order valence-corrected chi connectivity index (χ1v) is 11.6. The molecule has 0 spiro atoms. The van der Waals surface area contributed by atoms with Gasteiger partial charge in [0.1, 0.15) is 18.1 Å². The van der Waals surface area contributed by atoms with Crippen LogP contribution in [0.15, 0.2) is 59.0 Å². The smallest absolute Gasteiger partial charge is 0.322 e. The lowest BCUT2D eigenvalue weighted by Crippen LogP contribution is -2.47. The highest BCUT2D eigenvalue weighted by molar-refractivity contribution is 5.92. The first kappa shape index (κ1) is 24.2. The molecule has 8 heteroatoms. The minimum absolute atomic E-state index is 0.0698. The van der Waals surface area contributed by atoms with Crippen LogP contribution in [0.25, 0.3) is 0 Å². The Hall–Kier alpha value is -3.94. The standard InChI is InChI=1S/C27H31N3O5/c1-18(2)30(27(32)28-22-9-5-19(3)6-10-22)16-26(31)29(15-23-11-7-20(4)35-23)14-21-8-12-24-25(13-21)34-17-33-24/h5-13,18H,14-17H2,1-4H3,(H,28,32). The van der Waals surface area contributed by atoms with Gasteiger partial charge in [-0.05, 0) is 69.7 Å². The number of carbonyl (C=O) groups is 2. The molecule has 0 bridgehead atoms. The minimum Gasteiger partial charge on any atom is -0.464 e. The van der Waals surface area contributed by atoms with Crippen LogP contribution in [0.5, 0.6) is 11.5 Å². The number of aryl methyl sites for hydroxylation is 2. The summed E-state index contributed by atoms with van der Waals surface area (Å²) in [4.78, 5) is 29.8. The Morgan fingerprint density at radius 1 is 0.943 bits per heavy atom. The van der Waals surface area contributed by atoms with E-state index in [1.165, 1.54) is 4.90 Å². The summed E-state index contributed by atoms with van der Waals surface area (Å²) < 4.78 is 16.6. The molecule has 2 aromatic carbocycles. The molecular formula is C27H31N3O5. The van der Waals surface area contributed by atoms with Crippen molar-refractivity contribution in [3.8, 4) is 11.5 Å². The Morgan fingerprint density at radius 3 is 2.37 bits per heavy atom. The summed E-state index contributed by atoms with van der Waals surface area (Å²) in [5, 5.41) is 2.89. The van der Waals surface area contributed by atoms with Crippen molar-refractivity contribution < 1.29 is 23.5 Å². The third kappa shape index (κ3) is 6.15. The fourth-order valence-electron chi connectivity index (χ4n) is 3.82. The Morgan fingerprint density at radius 2 is 1.69 bits per heavy atom. The Bertz CT molecular complexity index is 1190. The van der Waals surface area contributed by atoms with Crippen molar-refractivity contribution in [1.29, 1.82) is 0 Å². The van der Waals surface area contributed by atoms with E-state index in [1.54, 1.807) is 4.90 Å². The van der Waals surface area contributed by atoms with Crippen LogP contribution in [0.4, 0.5) is 10.5 Å². The van der Waals surface area contributed by atoms with E-state index in [2.05, 4.69) is 5.32 Å². The van der Waals surface area contributed by atoms with E-state index >= 15 is 0 Å². The fourth-order valence-corrected chi connectivity index (χ4v) is 3.82. The average Bonchev–Trinajstić information content (AvgIpc) is 3.46. The van der Waals surface area contributed by atoms with Crippen LogP contribution in [0.2, 0.25) is 0 Å². The van der Waals surface area contributed by atoms with Crippen LogP contribution in [0.3, 0.4) is 0 Å². The van der Waals surface area contributed by atoms with Crippen LogP contribution >= 0.6 is 0 Å². The molecule has 0 atom stereocenters. The molecule has 4 rings (SSSR count). The minimum atomic E-state index is -0.325. The van der Waals surface area contributed by atoms with E-state index in [9.17, 15) is 9.59 Å². The molecule has 0 aliphatic carbocycles. The largest absolute Gasteiger partial charge is 0.464 e. The molecule has 184 valence electrons. The quantitative estimate of drug-likeness (QED) is 0.488. The number of furan rings is 1. The van der Waals surface area contributed by atoms with Gasteiger partial charge in [-0.2, -0.15) is 0 Å². The van der Waals surface area contributed by atoms with Gasteiger partial charge < -0.3 is 29.0 Å². The molecule has 0 radical (unpaired) electrons. The van der Waals surface area contributed by atoms with Crippen LogP contribution in [-0.2, 0) is 17.9 Å². The van der Waals surface area contributed by atoms with E-state index in [0.29, 0.717) is 29.5 Å². The third-order valence-electron chi connectivity index (χ3n) is 5.80. The van der Waals surface area contributed by atoms with Gasteiger partial charge in [0.25, 0.3) is 0 Å². The SMILES string of the molecule is Cc1ccc(NC(=O)N(CC(=O)N(Cc2ccc3c(c2)OCO3)Cc2ccc(C)o2)C(C)C)cc1. The predicted molar refractivity (Wildman–Crippen MR) is 132 cm³/mol. The number of carbonyl (C=O) groups excluding carboxylic acids is 2. The maximum atomic E-state index is 13.5. The van der Waals surface area contributed by atoms with Crippen molar-refractivity contribution in [2.24, 2.45) is 0 Å². The summed E-state index contributed by atoms with van der Waals surface area (Å²) >= 11 is 0. The first-order valence-electron chi connectivity index (χ1n) is 11.6. The van der Waals surface area contributed by atoms with Crippen molar-refractivity contribution >= 4 is 17.6 Å². The van der Waals surface area contributed by atoms with Crippen LogP contribution in [0, 0.1) is 13.8 Å². The van der Waals surface area contributed by atoms with E-state index in [1.807, 2.05) is 82.3 Å². The highest BCUT2D eigenvalue weighted by Gasteiger charge is 2.25. The molecule has 0 fully saturated rings.